The molecule has 1 aliphatic heterocycles. The van der Waals surface area contributed by atoms with Gasteiger partial charge in [0.05, 0.1) is 11.6 Å². The predicted octanol–water partition coefficient (Wildman–Crippen LogP) is 2.67. The van der Waals surface area contributed by atoms with Crippen LogP contribution in [-0.4, -0.2) is 18.5 Å². The highest BCUT2D eigenvalue weighted by atomic mass is 35.5. The maximum Gasteiger partial charge on any atom is 0.328 e. The summed E-state index contributed by atoms with van der Waals surface area (Å²) in [5, 5.41) is 3.31. The Balaban J connectivity index is 2.31. The molecule has 2 rings (SSSR count). The second-order valence-corrected chi connectivity index (χ2v) is 5.12. The summed E-state index contributed by atoms with van der Waals surface area (Å²) in [4.78, 5) is 25.3. The first-order valence-electron chi connectivity index (χ1n) is 5.88. The fourth-order valence-corrected chi connectivity index (χ4v) is 2.11. The van der Waals surface area contributed by atoms with Crippen LogP contribution >= 0.6 is 11.6 Å². The van der Waals surface area contributed by atoms with Gasteiger partial charge >= 0.3 is 6.03 Å². The summed E-state index contributed by atoms with van der Waals surface area (Å²) in [7, 11) is 0. The van der Waals surface area contributed by atoms with Gasteiger partial charge in [-0.05, 0) is 30.2 Å². The number of nitrogens with zero attached hydrogens (tertiary/aromatic N) is 1. The largest absolute Gasteiger partial charge is 0.337 e. The molecule has 5 heteroatoms. The zero-order chi connectivity index (χ0) is 13.3. The number of carbonyl (C=O) groups excluding carboxylic acids is 2. The SMILES string of the molecule is CC(C)C1CNC(=O)N(c2ccc(Cl)cc2)C1=O. The van der Waals surface area contributed by atoms with Crippen LogP contribution in [0.3, 0.4) is 0 Å². The Hall–Kier alpha value is -1.55. The van der Waals surface area contributed by atoms with Crippen molar-refractivity contribution in [3.05, 3.63) is 29.3 Å². The van der Waals surface area contributed by atoms with Crippen molar-refractivity contribution in [2.45, 2.75) is 13.8 Å². The van der Waals surface area contributed by atoms with E-state index in [1.54, 1.807) is 24.3 Å². The molecular formula is C13H15ClN2O2. The van der Waals surface area contributed by atoms with Gasteiger partial charge in [-0.25, -0.2) is 9.69 Å². The van der Waals surface area contributed by atoms with Gasteiger partial charge in [0.1, 0.15) is 0 Å². The van der Waals surface area contributed by atoms with E-state index in [2.05, 4.69) is 5.32 Å². The molecule has 1 aromatic rings. The quantitative estimate of drug-likeness (QED) is 0.895. The number of amides is 3. The van der Waals surface area contributed by atoms with E-state index in [0.29, 0.717) is 17.3 Å². The lowest BCUT2D eigenvalue weighted by molar-refractivity contribution is -0.123. The lowest BCUT2D eigenvalue weighted by Crippen LogP contribution is -2.56. The molecule has 1 unspecified atom stereocenters. The van der Waals surface area contributed by atoms with Crippen LogP contribution in [0.1, 0.15) is 13.8 Å². The van der Waals surface area contributed by atoms with Gasteiger partial charge in [0.2, 0.25) is 5.91 Å². The third-order valence-corrected chi connectivity index (χ3v) is 3.36. The molecule has 0 spiro atoms. The minimum absolute atomic E-state index is 0.156. The van der Waals surface area contributed by atoms with Crippen LogP contribution in [0.15, 0.2) is 24.3 Å². The normalized spacial score (nSPS) is 20.2. The second-order valence-electron chi connectivity index (χ2n) is 4.69. The molecule has 1 aromatic carbocycles. The standard InChI is InChI=1S/C13H15ClN2O2/c1-8(2)11-7-15-13(18)16(12(11)17)10-5-3-9(14)4-6-10/h3-6,8,11H,7H2,1-2H3,(H,15,18). The maximum atomic E-state index is 12.3. The molecule has 1 N–H and O–H groups in total. The molecule has 18 heavy (non-hydrogen) atoms. The van der Waals surface area contributed by atoms with Crippen LogP contribution < -0.4 is 10.2 Å². The number of urea groups is 1. The van der Waals surface area contributed by atoms with E-state index in [4.69, 9.17) is 11.6 Å². The van der Waals surface area contributed by atoms with Crippen molar-refractivity contribution < 1.29 is 9.59 Å². The van der Waals surface area contributed by atoms with Gasteiger partial charge in [-0.1, -0.05) is 25.4 Å². The van der Waals surface area contributed by atoms with Crippen molar-refractivity contribution in [2.75, 3.05) is 11.4 Å². The molecule has 4 nitrogen and oxygen atoms in total. The first-order valence-corrected chi connectivity index (χ1v) is 6.26. The van der Waals surface area contributed by atoms with E-state index < -0.39 is 0 Å². The zero-order valence-corrected chi connectivity index (χ0v) is 11.1. The maximum absolute atomic E-state index is 12.3. The number of halogens is 1. The molecule has 1 aliphatic rings. The highest BCUT2D eigenvalue weighted by Crippen LogP contribution is 2.24. The first-order chi connectivity index (χ1) is 8.50. The van der Waals surface area contributed by atoms with E-state index >= 15 is 0 Å². The number of hydrogen-bond donors (Lipinski definition) is 1. The molecule has 1 saturated heterocycles. The summed E-state index contributed by atoms with van der Waals surface area (Å²) in [6, 6.07) is 6.29. The van der Waals surface area contributed by atoms with Crippen LogP contribution in [0.2, 0.25) is 5.02 Å². The van der Waals surface area contributed by atoms with Gasteiger partial charge in [0, 0.05) is 11.6 Å². The average Bonchev–Trinajstić information content (AvgIpc) is 2.31. The molecular weight excluding hydrogens is 252 g/mol. The van der Waals surface area contributed by atoms with Crippen LogP contribution in [0.25, 0.3) is 0 Å². The van der Waals surface area contributed by atoms with Crippen molar-refractivity contribution in [1.29, 1.82) is 0 Å². The van der Waals surface area contributed by atoms with Gasteiger partial charge in [-0.3, -0.25) is 4.79 Å². The number of rotatable bonds is 2. The highest BCUT2D eigenvalue weighted by molar-refractivity contribution is 6.30. The Bertz CT molecular complexity index is 470. The Labute approximate surface area is 111 Å². The van der Waals surface area contributed by atoms with Crippen molar-refractivity contribution >= 4 is 29.2 Å². The summed E-state index contributed by atoms with van der Waals surface area (Å²) in [5.41, 5.74) is 0.548. The van der Waals surface area contributed by atoms with Crippen molar-refractivity contribution in [1.82, 2.24) is 5.32 Å². The summed E-state index contributed by atoms with van der Waals surface area (Å²) in [5.74, 6) is -0.151. The second kappa shape index (κ2) is 4.98. The molecule has 96 valence electrons. The molecule has 0 radical (unpaired) electrons. The van der Waals surface area contributed by atoms with Gasteiger partial charge in [-0.15, -0.1) is 0 Å². The molecule has 1 fully saturated rings. The van der Waals surface area contributed by atoms with Gasteiger partial charge in [0.15, 0.2) is 0 Å². The van der Waals surface area contributed by atoms with Gasteiger partial charge in [0.25, 0.3) is 0 Å². The van der Waals surface area contributed by atoms with E-state index in [9.17, 15) is 9.59 Å². The van der Waals surface area contributed by atoms with Crippen LogP contribution in [-0.2, 0) is 4.79 Å². The Morgan fingerprint density at radius 3 is 2.44 bits per heavy atom. The minimum Gasteiger partial charge on any atom is -0.337 e. The summed E-state index contributed by atoms with van der Waals surface area (Å²) >= 11 is 5.80. The third kappa shape index (κ3) is 2.34. The Morgan fingerprint density at radius 1 is 1.28 bits per heavy atom. The van der Waals surface area contributed by atoms with Crippen molar-refractivity contribution in [3.8, 4) is 0 Å². The van der Waals surface area contributed by atoms with Crippen LogP contribution in [0, 0.1) is 11.8 Å². The van der Waals surface area contributed by atoms with Crippen molar-refractivity contribution in [2.24, 2.45) is 11.8 Å². The van der Waals surface area contributed by atoms with Crippen LogP contribution in [0.5, 0.6) is 0 Å². The Kier molecular flexibility index (Phi) is 3.57. The van der Waals surface area contributed by atoms with Gasteiger partial charge < -0.3 is 5.32 Å². The molecule has 0 bridgehead atoms. The predicted molar refractivity (Wildman–Crippen MR) is 70.7 cm³/mol. The monoisotopic (exact) mass is 266 g/mol. The molecule has 3 amide bonds. The number of nitrogens with one attached hydrogen (secondary N) is 1. The molecule has 1 heterocycles. The third-order valence-electron chi connectivity index (χ3n) is 3.10. The lowest BCUT2D eigenvalue weighted by Gasteiger charge is -2.33. The number of benzene rings is 1. The fourth-order valence-electron chi connectivity index (χ4n) is 1.99. The average molecular weight is 267 g/mol. The van der Waals surface area contributed by atoms with E-state index in [0.717, 1.165) is 0 Å². The highest BCUT2D eigenvalue weighted by Gasteiger charge is 2.36. The lowest BCUT2D eigenvalue weighted by atomic mass is 9.92. The van der Waals surface area contributed by atoms with Crippen molar-refractivity contribution in [3.63, 3.8) is 0 Å². The molecule has 0 aromatic heterocycles. The molecule has 0 aliphatic carbocycles. The number of anilines is 1. The number of carbonyl (C=O) groups is 2. The Morgan fingerprint density at radius 2 is 1.89 bits per heavy atom. The topological polar surface area (TPSA) is 49.4 Å². The van der Waals surface area contributed by atoms with Gasteiger partial charge in [-0.2, -0.15) is 0 Å². The molecule has 1 atom stereocenters. The summed E-state index contributed by atoms with van der Waals surface area (Å²) < 4.78 is 0. The first kappa shape index (κ1) is 12.9. The van der Waals surface area contributed by atoms with E-state index in [1.165, 1.54) is 4.90 Å². The fraction of sp³-hybridized carbons (Fsp3) is 0.385. The summed E-state index contributed by atoms with van der Waals surface area (Å²) in [6.07, 6.45) is 0. The number of hydrogen-bond acceptors (Lipinski definition) is 2. The summed E-state index contributed by atoms with van der Waals surface area (Å²) in [6.45, 7) is 4.35. The minimum atomic E-state index is -0.376. The smallest absolute Gasteiger partial charge is 0.328 e. The van der Waals surface area contributed by atoms with E-state index in [-0.39, 0.29) is 23.8 Å². The number of imide groups is 1. The van der Waals surface area contributed by atoms with Crippen LogP contribution in [0.4, 0.5) is 10.5 Å². The molecule has 0 saturated carbocycles. The zero-order valence-electron chi connectivity index (χ0n) is 10.3. The van der Waals surface area contributed by atoms with E-state index in [1.807, 2.05) is 13.8 Å².